The molecule has 1 aliphatic rings. The van der Waals surface area contributed by atoms with E-state index in [2.05, 4.69) is 30.5 Å². The third-order valence-electron chi connectivity index (χ3n) is 3.50. The summed E-state index contributed by atoms with van der Waals surface area (Å²) < 4.78 is 0. The number of halogens is 1. The van der Waals surface area contributed by atoms with Crippen molar-refractivity contribution in [3.63, 3.8) is 0 Å². The van der Waals surface area contributed by atoms with Crippen LogP contribution in [-0.2, 0) is 6.42 Å². The number of nitrogens with zero attached hydrogens (tertiary/aromatic N) is 1. The second kappa shape index (κ2) is 5.14. The summed E-state index contributed by atoms with van der Waals surface area (Å²) in [5, 5.41) is 0.842. The van der Waals surface area contributed by atoms with Crippen LogP contribution in [0.15, 0.2) is 30.5 Å². The fourth-order valence-corrected chi connectivity index (χ4v) is 2.50. The van der Waals surface area contributed by atoms with Crippen molar-refractivity contribution < 1.29 is 0 Å². The van der Waals surface area contributed by atoms with Gasteiger partial charge in [-0.05, 0) is 36.5 Å². The number of aryl methyl sites for hydroxylation is 1. The summed E-state index contributed by atoms with van der Waals surface area (Å²) in [5.74, 6) is 0.804. The van der Waals surface area contributed by atoms with Crippen molar-refractivity contribution in [3.8, 4) is 0 Å². The van der Waals surface area contributed by atoms with Crippen molar-refractivity contribution in [2.24, 2.45) is 5.92 Å². The molecule has 0 bridgehead atoms. The fourth-order valence-electron chi connectivity index (χ4n) is 2.39. The molecule has 1 nitrogen and oxygen atoms in total. The third kappa shape index (κ3) is 3.04. The fraction of sp³-hybridized carbons (Fsp3) is 0.467. The van der Waals surface area contributed by atoms with Crippen LogP contribution in [-0.4, -0.2) is 18.0 Å². The molecule has 1 aromatic carbocycles. The second-order valence-electron chi connectivity index (χ2n) is 5.17. The average Bonchev–Trinajstić information content (AvgIpc) is 2.70. The van der Waals surface area contributed by atoms with Crippen molar-refractivity contribution in [2.45, 2.75) is 26.7 Å². The summed E-state index contributed by atoms with van der Waals surface area (Å²) in [6.45, 7) is 10.9. The molecule has 0 aliphatic carbocycles. The molecule has 1 unspecified atom stereocenters. The van der Waals surface area contributed by atoms with E-state index >= 15 is 0 Å². The van der Waals surface area contributed by atoms with Crippen LogP contribution < -0.4 is 0 Å². The Labute approximate surface area is 109 Å². The molecule has 2 heteroatoms. The van der Waals surface area contributed by atoms with Gasteiger partial charge < -0.3 is 4.90 Å². The monoisotopic (exact) mass is 249 g/mol. The Morgan fingerprint density at radius 1 is 1.53 bits per heavy atom. The van der Waals surface area contributed by atoms with E-state index < -0.39 is 0 Å². The molecule has 1 aliphatic heterocycles. The summed E-state index contributed by atoms with van der Waals surface area (Å²) >= 11 is 6.03. The lowest BCUT2D eigenvalue weighted by molar-refractivity contribution is 0.403. The molecule has 2 rings (SSSR count). The van der Waals surface area contributed by atoms with E-state index in [1.807, 2.05) is 13.0 Å². The van der Waals surface area contributed by atoms with Crippen LogP contribution in [0.1, 0.15) is 24.5 Å². The van der Waals surface area contributed by atoms with Gasteiger partial charge >= 0.3 is 0 Å². The molecule has 17 heavy (non-hydrogen) atoms. The maximum absolute atomic E-state index is 6.03. The number of benzene rings is 1. The van der Waals surface area contributed by atoms with Crippen LogP contribution in [0.4, 0.5) is 0 Å². The smallest absolute Gasteiger partial charge is 0.0435 e. The second-order valence-corrected chi connectivity index (χ2v) is 5.57. The minimum atomic E-state index is 0.804. The lowest BCUT2D eigenvalue weighted by atomic mass is 10.1. The summed E-state index contributed by atoms with van der Waals surface area (Å²) in [5.41, 5.74) is 3.68. The molecule has 0 amide bonds. The van der Waals surface area contributed by atoms with Crippen molar-refractivity contribution in [3.05, 3.63) is 46.6 Å². The lowest BCUT2D eigenvalue weighted by Gasteiger charge is -2.21. The molecule has 1 saturated heterocycles. The van der Waals surface area contributed by atoms with Gasteiger partial charge in [-0.2, -0.15) is 0 Å². The number of hydrogen-bond donors (Lipinski definition) is 0. The third-order valence-corrected chi connectivity index (χ3v) is 3.93. The first-order chi connectivity index (χ1) is 8.06. The Morgan fingerprint density at radius 2 is 2.29 bits per heavy atom. The molecule has 1 atom stereocenters. The highest BCUT2D eigenvalue weighted by molar-refractivity contribution is 6.31. The highest BCUT2D eigenvalue weighted by Crippen LogP contribution is 2.23. The van der Waals surface area contributed by atoms with Crippen molar-refractivity contribution in [1.29, 1.82) is 0 Å². The Bertz CT molecular complexity index is 425. The number of hydrogen-bond acceptors (Lipinski definition) is 1. The molecular weight excluding hydrogens is 230 g/mol. The normalized spacial score (nSPS) is 19.7. The Kier molecular flexibility index (Phi) is 3.78. The summed E-state index contributed by atoms with van der Waals surface area (Å²) in [6.07, 6.45) is 2.23. The van der Waals surface area contributed by atoms with Crippen LogP contribution >= 0.6 is 11.6 Å². The van der Waals surface area contributed by atoms with Crippen LogP contribution in [0.2, 0.25) is 5.02 Å². The number of rotatable bonds is 3. The van der Waals surface area contributed by atoms with Gasteiger partial charge in [0.1, 0.15) is 0 Å². The van der Waals surface area contributed by atoms with Gasteiger partial charge in [-0.15, -0.1) is 0 Å². The van der Waals surface area contributed by atoms with Crippen molar-refractivity contribution in [1.82, 2.24) is 4.90 Å². The highest BCUT2D eigenvalue weighted by Gasteiger charge is 2.19. The first-order valence-corrected chi connectivity index (χ1v) is 6.62. The predicted molar refractivity (Wildman–Crippen MR) is 74.4 cm³/mol. The molecule has 0 saturated carbocycles. The van der Waals surface area contributed by atoms with Gasteiger partial charge in [0.2, 0.25) is 0 Å². The quantitative estimate of drug-likeness (QED) is 0.781. The Hall–Kier alpha value is -0.950. The molecule has 0 N–H and O–H groups in total. The average molecular weight is 250 g/mol. The van der Waals surface area contributed by atoms with Crippen LogP contribution in [0.25, 0.3) is 0 Å². The maximum Gasteiger partial charge on any atom is 0.0435 e. The van der Waals surface area contributed by atoms with E-state index in [9.17, 15) is 0 Å². The molecule has 1 heterocycles. The van der Waals surface area contributed by atoms with Crippen LogP contribution in [0.3, 0.4) is 0 Å². The van der Waals surface area contributed by atoms with E-state index in [1.54, 1.807) is 0 Å². The van der Waals surface area contributed by atoms with E-state index in [0.29, 0.717) is 0 Å². The minimum Gasteiger partial charge on any atom is -0.375 e. The van der Waals surface area contributed by atoms with Gasteiger partial charge in [0.05, 0.1) is 0 Å². The summed E-state index contributed by atoms with van der Waals surface area (Å²) in [7, 11) is 0. The lowest BCUT2D eigenvalue weighted by Crippen LogP contribution is -2.20. The molecular formula is C15H20ClN. The van der Waals surface area contributed by atoms with Gasteiger partial charge in [0, 0.05) is 30.2 Å². The first kappa shape index (κ1) is 12.5. The predicted octanol–water partition coefficient (Wildman–Crippen LogP) is 4.05. The standard InChI is InChI=1S/C15H20ClN/c1-11-6-7-17(10-11)13(3)9-14-4-5-15(16)12(2)8-14/h4-5,8,11H,3,6-7,9-10H2,1-2H3. The van der Waals surface area contributed by atoms with Gasteiger partial charge in [0.25, 0.3) is 0 Å². The molecule has 0 aromatic heterocycles. The van der Waals surface area contributed by atoms with Gasteiger partial charge in [-0.1, -0.05) is 37.2 Å². The van der Waals surface area contributed by atoms with Crippen LogP contribution in [0.5, 0.6) is 0 Å². The van der Waals surface area contributed by atoms with E-state index in [4.69, 9.17) is 11.6 Å². The number of likely N-dealkylation sites (tertiary alicyclic amines) is 1. The van der Waals surface area contributed by atoms with Crippen molar-refractivity contribution >= 4 is 11.6 Å². The van der Waals surface area contributed by atoms with E-state index in [1.165, 1.54) is 17.7 Å². The highest BCUT2D eigenvalue weighted by atomic mass is 35.5. The molecule has 1 fully saturated rings. The molecule has 0 radical (unpaired) electrons. The number of allylic oxidation sites excluding steroid dienone is 1. The van der Waals surface area contributed by atoms with Crippen LogP contribution in [0, 0.1) is 12.8 Å². The zero-order valence-electron chi connectivity index (χ0n) is 10.7. The zero-order chi connectivity index (χ0) is 12.4. The molecule has 1 aromatic rings. The molecule has 92 valence electrons. The maximum atomic E-state index is 6.03. The van der Waals surface area contributed by atoms with Crippen molar-refractivity contribution in [2.75, 3.05) is 13.1 Å². The SMILES string of the molecule is C=C(Cc1ccc(Cl)c(C)c1)N1CCC(C)C1. The summed E-state index contributed by atoms with van der Waals surface area (Å²) in [6, 6.07) is 6.24. The summed E-state index contributed by atoms with van der Waals surface area (Å²) in [4.78, 5) is 2.41. The molecule has 0 spiro atoms. The minimum absolute atomic E-state index is 0.804. The van der Waals surface area contributed by atoms with E-state index in [-0.39, 0.29) is 0 Å². The van der Waals surface area contributed by atoms with E-state index in [0.717, 1.165) is 36.0 Å². The largest absolute Gasteiger partial charge is 0.375 e. The van der Waals surface area contributed by atoms with Gasteiger partial charge in [0.15, 0.2) is 0 Å². The van der Waals surface area contributed by atoms with Gasteiger partial charge in [-0.25, -0.2) is 0 Å². The topological polar surface area (TPSA) is 3.24 Å². The zero-order valence-corrected chi connectivity index (χ0v) is 11.4. The Morgan fingerprint density at radius 3 is 2.88 bits per heavy atom. The first-order valence-electron chi connectivity index (χ1n) is 6.24. The van der Waals surface area contributed by atoms with Gasteiger partial charge in [-0.3, -0.25) is 0 Å². The Balaban J connectivity index is 2.00.